The summed E-state index contributed by atoms with van der Waals surface area (Å²) in [5.74, 6) is 0. The van der Waals surface area contributed by atoms with Gasteiger partial charge in [-0.15, -0.1) is 0 Å². The number of ether oxygens (including phenoxy) is 1. The maximum Gasteiger partial charge on any atom is 0.0957 e. The molecule has 1 N–H and O–H groups in total. The van der Waals surface area contributed by atoms with Crippen molar-refractivity contribution in [2.75, 3.05) is 25.2 Å². The molecule has 2 rings (SSSR count). The second-order valence-electron chi connectivity index (χ2n) is 4.78. The molecule has 100 valence electrons. The zero-order valence-electron chi connectivity index (χ0n) is 11.2. The van der Waals surface area contributed by atoms with Crippen LogP contribution in [0.3, 0.4) is 0 Å². The molecule has 1 aromatic heterocycles. The van der Waals surface area contributed by atoms with E-state index in [2.05, 4.69) is 16.0 Å². The Kier molecular flexibility index (Phi) is 4.55. The number of methoxy groups -OCH3 is 1. The summed E-state index contributed by atoms with van der Waals surface area (Å²) < 4.78 is 5.15. The zero-order chi connectivity index (χ0) is 13.0. The fraction of sp³-hybridized carbons (Fsp3) is 0.643. The van der Waals surface area contributed by atoms with Gasteiger partial charge >= 0.3 is 0 Å². The lowest BCUT2D eigenvalue weighted by molar-refractivity contribution is 0.169. The van der Waals surface area contributed by atoms with Gasteiger partial charge in [0.2, 0.25) is 0 Å². The molecule has 0 spiro atoms. The van der Waals surface area contributed by atoms with Crippen molar-refractivity contribution < 1.29 is 9.84 Å². The highest BCUT2D eigenvalue weighted by Gasteiger charge is 2.29. The Bertz CT molecular complexity index is 363. The summed E-state index contributed by atoms with van der Waals surface area (Å²) in [6, 6.07) is 4.62. The minimum absolute atomic E-state index is 0.451. The van der Waals surface area contributed by atoms with Gasteiger partial charge in [-0.25, -0.2) is 0 Å². The first-order chi connectivity index (χ1) is 8.76. The van der Waals surface area contributed by atoms with Crippen molar-refractivity contribution in [3.05, 3.63) is 24.0 Å². The summed E-state index contributed by atoms with van der Waals surface area (Å²) in [5.41, 5.74) is 1.88. The van der Waals surface area contributed by atoms with Crippen molar-refractivity contribution in [3.8, 4) is 0 Å². The lowest BCUT2D eigenvalue weighted by Crippen LogP contribution is -2.29. The van der Waals surface area contributed by atoms with E-state index in [1.165, 1.54) is 12.8 Å². The molecule has 18 heavy (non-hydrogen) atoms. The standard InChI is InChI=1S/C14H22N2O2/c1-3-14(17)13-7-6-12(10-15-13)16(8-9-18-2)11-4-5-11/h6-7,10-11,14,17H,3-5,8-9H2,1-2H3/t14-/m1/s1. The lowest BCUT2D eigenvalue weighted by Gasteiger charge is -2.24. The molecule has 1 aliphatic carbocycles. The Morgan fingerprint density at radius 3 is 2.78 bits per heavy atom. The molecule has 4 heteroatoms. The summed E-state index contributed by atoms with van der Waals surface area (Å²) in [6.45, 7) is 3.59. The number of rotatable bonds is 7. The van der Waals surface area contributed by atoms with Crippen molar-refractivity contribution in [2.24, 2.45) is 0 Å². The molecule has 0 aromatic carbocycles. The van der Waals surface area contributed by atoms with Gasteiger partial charge < -0.3 is 14.7 Å². The van der Waals surface area contributed by atoms with E-state index >= 15 is 0 Å². The van der Waals surface area contributed by atoms with Crippen LogP contribution < -0.4 is 4.90 Å². The minimum atomic E-state index is -0.451. The molecule has 0 amide bonds. The minimum Gasteiger partial charge on any atom is -0.387 e. The van der Waals surface area contributed by atoms with E-state index < -0.39 is 6.10 Å². The van der Waals surface area contributed by atoms with Gasteiger partial charge in [0.05, 0.1) is 30.3 Å². The predicted octanol–water partition coefficient (Wildman–Crippen LogP) is 2.14. The molecule has 1 atom stereocenters. The van der Waals surface area contributed by atoms with E-state index in [0.29, 0.717) is 12.5 Å². The van der Waals surface area contributed by atoms with E-state index in [0.717, 1.165) is 24.5 Å². The molecule has 1 aliphatic rings. The number of pyridine rings is 1. The smallest absolute Gasteiger partial charge is 0.0957 e. The molecule has 1 fully saturated rings. The van der Waals surface area contributed by atoms with E-state index in [1.807, 2.05) is 19.2 Å². The maximum atomic E-state index is 9.73. The van der Waals surface area contributed by atoms with Crippen LogP contribution in [0, 0.1) is 0 Å². The monoisotopic (exact) mass is 250 g/mol. The third-order valence-corrected chi connectivity index (χ3v) is 3.35. The third kappa shape index (κ3) is 3.21. The quantitative estimate of drug-likeness (QED) is 0.805. The average Bonchev–Trinajstić information content (AvgIpc) is 3.24. The largest absolute Gasteiger partial charge is 0.387 e. The van der Waals surface area contributed by atoms with Crippen LogP contribution >= 0.6 is 0 Å². The molecular weight excluding hydrogens is 228 g/mol. The van der Waals surface area contributed by atoms with Crippen molar-refractivity contribution in [3.63, 3.8) is 0 Å². The van der Waals surface area contributed by atoms with E-state index in [-0.39, 0.29) is 0 Å². The van der Waals surface area contributed by atoms with Gasteiger partial charge in [0, 0.05) is 19.7 Å². The summed E-state index contributed by atoms with van der Waals surface area (Å²) >= 11 is 0. The van der Waals surface area contributed by atoms with Gasteiger partial charge in [0.15, 0.2) is 0 Å². The van der Waals surface area contributed by atoms with Crippen LogP contribution in [0.1, 0.15) is 38.0 Å². The molecule has 0 bridgehead atoms. The molecule has 0 aliphatic heterocycles. The first kappa shape index (κ1) is 13.3. The summed E-state index contributed by atoms with van der Waals surface area (Å²) in [6.07, 6.45) is 4.61. The van der Waals surface area contributed by atoms with Crippen LogP contribution in [-0.2, 0) is 4.74 Å². The molecule has 1 saturated carbocycles. The first-order valence-electron chi connectivity index (χ1n) is 6.65. The van der Waals surface area contributed by atoms with Crippen molar-refractivity contribution in [1.82, 2.24) is 4.98 Å². The predicted molar refractivity (Wildman–Crippen MR) is 71.7 cm³/mol. The Morgan fingerprint density at radius 2 is 2.28 bits per heavy atom. The van der Waals surface area contributed by atoms with Crippen LogP contribution in [0.4, 0.5) is 5.69 Å². The van der Waals surface area contributed by atoms with Gasteiger partial charge in [0.25, 0.3) is 0 Å². The van der Waals surface area contributed by atoms with Crippen molar-refractivity contribution >= 4 is 5.69 Å². The van der Waals surface area contributed by atoms with Gasteiger partial charge in [0.1, 0.15) is 0 Å². The Labute approximate surface area is 109 Å². The van der Waals surface area contributed by atoms with E-state index in [9.17, 15) is 5.11 Å². The van der Waals surface area contributed by atoms with E-state index in [1.54, 1.807) is 7.11 Å². The Morgan fingerprint density at radius 1 is 1.50 bits per heavy atom. The number of hydrogen-bond donors (Lipinski definition) is 1. The maximum absolute atomic E-state index is 9.73. The Hall–Kier alpha value is -1.13. The summed E-state index contributed by atoms with van der Waals surface area (Å²) in [7, 11) is 1.73. The highest BCUT2D eigenvalue weighted by atomic mass is 16.5. The number of aliphatic hydroxyl groups excluding tert-OH is 1. The number of nitrogens with zero attached hydrogens (tertiary/aromatic N) is 2. The van der Waals surface area contributed by atoms with Crippen molar-refractivity contribution in [1.29, 1.82) is 0 Å². The fourth-order valence-corrected chi connectivity index (χ4v) is 2.07. The zero-order valence-corrected chi connectivity index (χ0v) is 11.2. The van der Waals surface area contributed by atoms with Crippen LogP contribution in [-0.4, -0.2) is 36.4 Å². The van der Waals surface area contributed by atoms with Crippen molar-refractivity contribution in [2.45, 2.75) is 38.3 Å². The molecule has 1 heterocycles. The average molecular weight is 250 g/mol. The third-order valence-electron chi connectivity index (χ3n) is 3.35. The molecule has 1 aromatic rings. The van der Waals surface area contributed by atoms with Gasteiger partial charge in [-0.1, -0.05) is 6.92 Å². The molecular formula is C14H22N2O2. The Balaban J connectivity index is 2.05. The SMILES string of the molecule is CC[C@@H](O)c1ccc(N(CCOC)C2CC2)cn1. The molecule has 0 saturated heterocycles. The van der Waals surface area contributed by atoms with E-state index in [4.69, 9.17) is 4.74 Å². The molecule has 0 radical (unpaired) electrons. The molecule has 0 unspecified atom stereocenters. The van der Waals surface area contributed by atoms with Gasteiger partial charge in [-0.3, -0.25) is 4.98 Å². The van der Waals surface area contributed by atoms with Crippen LogP contribution in [0.25, 0.3) is 0 Å². The topological polar surface area (TPSA) is 45.6 Å². The van der Waals surface area contributed by atoms with Gasteiger partial charge in [-0.2, -0.15) is 0 Å². The second kappa shape index (κ2) is 6.16. The number of hydrogen-bond acceptors (Lipinski definition) is 4. The van der Waals surface area contributed by atoms with Crippen LogP contribution in [0.2, 0.25) is 0 Å². The number of aliphatic hydroxyl groups is 1. The highest BCUT2D eigenvalue weighted by molar-refractivity contribution is 5.47. The second-order valence-corrected chi connectivity index (χ2v) is 4.78. The highest BCUT2D eigenvalue weighted by Crippen LogP contribution is 2.31. The first-order valence-corrected chi connectivity index (χ1v) is 6.65. The summed E-state index contributed by atoms with van der Waals surface area (Å²) in [4.78, 5) is 6.70. The fourth-order valence-electron chi connectivity index (χ4n) is 2.07. The number of aromatic nitrogens is 1. The summed E-state index contributed by atoms with van der Waals surface area (Å²) in [5, 5.41) is 9.73. The molecule has 4 nitrogen and oxygen atoms in total. The normalized spacial score (nSPS) is 16.6. The van der Waals surface area contributed by atoms with Crippen LogP contribution in [0.5, 0.6) is 0 Å². The van der Waals surface area contributed by atoms with Crippen LogP contribution in [0.15, 0.2) is 18.3 Å². The number of anilines is 1. The lowest BCUT2D eigenvalue weighted by atomic mass is 10.2. The van der Waals surface area contributed by atoms with Gasteiger partial charge in [-0.05, 0) is 31.4 Å².